The number of oxime groups is 1. The molecule has 7 nitrogen and oxygen atoms in total. The molecule has 4 N–H and O–H groups in total. The highest BCUT2D eigenvalue weighted by molar-refractivity contribution is 5.98. The van der Waals surface area contributed by atoms with E-state index in [9.17, 15) is 4.79 Å². The molecule has 7 heteroatoms. The minimum absolute atomic E-state index is 0.0414. The second-order valence-corrected chi connectivity index (χ2v) is 4.84. The molecular weight excluding hydrogens is 260 g/mol. The molecule has 0 atom stereocenters. The van der Waals surface area contributed by atoms with E-state index in [1.54, 1.807) is 17.0 Å². The maximum Gasteiger partial charge on any atom is 0.272 e. The number of amidine groups is 1. The van der Waals surface area contributed by atoms with E-state index in [-0.39, 0.29) is 24.3 Å². The number of hydrogen-bond acceptors (Lipinski definition) is 5. The molecule has 1 aliphatic rings. The van der Waals surface area contributed by atoms with E-state index in [2.05, 4.69) is 10.1 Å². The molecule has 0 bridgehead atoms. The predicted molar refractivity (Wildman–Crippen MR) is 72.5 cm³/mol. The quantitative estimate of drug-likeness (QED) is 0.312. The summed E-state index contributed by atoms with van der Waals surface area (Å²) in [6.45, 7) is 1.44. The average molecular weight is 278 g/mol. The molecule has 1 amide bonds. The van der Waals surface area contributed by atoms with Crippen LogP contribution in [-0.2, 0) is 0 Å². The topological polar surface area (TPSA) is 112 Å². The van der Waals surface area contributed by atoms with Gasteiger partial charge >= 0.3 is 0 Å². The minimum atomic E-state index is -0.132. The van der Waals surface area contributed by atoms with Crippen molar-refractivity contribution in [1.82, 2.24) is 9.88 Å². The first-order valence-electron chi connectivity index (χ1n) is 6.49. The number of nitrogens with two attached hydrogens (primary N) is 1. The Labute approximate surface area is 116 Å². The van der Waals surface area contributed by atoms with Crippen LogP contribution in [-0.4, -0.2) is 51.6 Å². The first kappa shape index (κ1) is 14.3. The highest BCUT2D eigenvalue weighted by Gasteiger charge is 2.23. The molecule has 1 aliphatic heterocycles. The molecule has 1 aromatic rings. The number of nitrogens with zero attached hydrogens (tertiary/aromatic N) is 3. The molecule has 108 valence electrons. The fourth-order valence-corrected chi connectivity index (χ4v) is 2.21. The van der Waals surface area contributed by atoms with E-state index in [4.69, 9.17) is 16.0 Å². The lowest BCUT2D eigenvalue weighted by Crippen LogP contribution is -2.39. The van der Waals surface area contributed by atoms with Crippen LogP contribution in [0.4, 0.5) is 0 Å². The van der Waals surface area contributed by atoms with Crippen LogP contribution in [0.15, 0.2) is 23.5 Å². The first-order valence-corrected chi connectivity index (χ1v) is 6.49. The molecule has 1 fully saturated rings. The molecule has 0 aliphatic carbocycles. The van der Waals surface area contributed by atoms with Crippen molar-refractivity contribution >= 4 is 11.7 Å². The third kappa shape index (κ3) is 3.05. The number of amides is 1. The zero-order valence-corrected chi connectivity index (χ0v) is 11.1. The monoisotopic (exact) mass is 278 g/mol. The molecule has 1 saturated heterocycles. The summed E-state index contributed by atoms with van der Waals surface area (Å²) >= 11 is 0. The number of aliphatic hydroxyl groups excluding tert-OH is 1. The van der Waals surface area contributed by atoms with E-state index in [0.29, 0.717) is 24.3 Å². The third-order valence-electron chi connectivity index (χ3n) is 3.55. The third-order valence-corrected chi connectivity index (χ3v) is 3.55. The van der Waals surface area contributed by atoms with Crippen molar-refractivity contribution in [3.05, 3.63) is 29.6 Å². The standard InChI is InChI=1S/C13H18N4O3/c14-12(16-20)10-1-2-11(15-7-10)13(19)17-5-3-9(8-18)4-6-17/h1-2,7,9,18,20H,3-6,8H2,(H2,14,16). The lowest BCUT2D eigenvalue weighted by molar-refractivity contribution is 0.0645. The van der Waals surface area contributed by atoms with Crippen molar-refractivity contribution in [2.75, 3.05) is 19.7 Å². The number of rotatable bonds is 3. The Morgan fingerprint density at radius 3 is 2.65 bits per heavy atom. The Morgan fingerprint density at radius 1 is 1.45 bits per heavy atom. The summed E-state index contributed by atoms with van der Waals surface area (Å²) in [6.07, 6.45) is 3.03. The number of pyridine rings is 1. The average Bonchev–Trinajstić information content (AvgIpc) is 2.53. The minimum Gasteiger partial charge on any atom is -0.409 e. The molecule has 2 heterocycles. The summed E-state index contributed by atoms with van der Waals surface area (Å²) in [5.41, 5.74) is 6.23. The second-order valence-electron chi connectivity index (χ2n) is 4.84. The smallest absolute Gasteiger partial charge is 0.272 e. The van der Waals surface area contributed by atoms with Crippen molar-refractivity contribution in [3.63, 3.8) is 0 Å². The Kier molecular flexibility index (Phi) is 4.52. The van der Waals surface area contributed by atoms with E-state index in [1.165, 1.54) is 6.20 Å². The summed E-state index contributed by atoms with van der Waals surface area (Å²) in [4.78, 5) is 18.0. The van der Waals surface area contributed by atoms with Gasteiger partial charge in [-0.05, 0) is 30.9 Å². The molecule has 0 unspecified atom stereocenters. The summed E-state index contributed by atoms with van der Waals surface area (Å²) in [7, 11) is 0. The fraction of sp³-hybridized carbons (Fsp3) is 0.462. The normalized spacial score (nSPS) is 17.2. The Bertz CT molecular complexity index is 493. The summed E-state index contributed by atoms with van der Waals surface area (Å²) in [5.74, 6) is 0.114. The lowest BCUT2D eigenvalue weighted by Gasteiger charge is -2.30. The van der Waals surface area contributed by atoms with Gasteiger partial charge in [0.2, 0.25) is 0 Å². The van der Waals surface area contributed by atoms with Gasteiger partial charge in [-0.25, -0.2) is 0 Å². The van der Waals surface area contributed by atoms with Gasteiger partial charge in [0.05, 0.1) is 0 Å². The van der Waals surface area contributed by atoms with Crippen LogP contribution >= 0.6 is 0 Å². The highest BCUT2D eigenvalue weighted by Crippen LogP contribution is 2.18. The van der Waals surface area contributed by atoms with Gasteiger partial charge in [-0.1, -0.05) is 5.16 Å². The van der Waals surface area contributed by atoms with Gasteiger partial charge in [0.1, 0.15) is 5.69 Å². The number of aromatic nitrogens is 1. The summed E-state index contributed by atoms with van der Waals surface area (Å²) < 4.78 is 0. The van der Waals surface area contributed by atoms with Crippen molar-refractivity contribution in [2.45, 2.75) is 12.8 Å². The number of piperidine rings is 1. The van der Waals surface area contributed by atoms with Crippen LogP contribution in [0.2, 0.25) is 0 Å². The fourth-order valence-electron chi connectivity index (χ4n) is 2.21. The van der Waals surface area contributed by atoms with E-state index < -0.39 is 0 Å². The van der Waals surface area contributed by atoms with E-state index in [1.807, 2.05) is 0 Å². The molecule has 1 aromatic heterocycles. The second kappa shape index (κ2) is 6.33. The molecule has 20 heavy (non-hydrogen) atoms. The van der Waals surface area contributed by atoms with Crippen LogP contribution in [0.25, 0.3) is 0 Å². The number of carbonyl (C=O) groups excluding carboxylic acids is 1. The van der Waals surface area contributed by atoms with Gasteiger partial charge < -0.3 is 20.9 Å². The highest BCUT2D eigenvalue weighted by atomic mass is 16.4. The Hall–Kier alpha value is -2.15. The van der Waals surface area contributed by atoms with E-state index in [0.717, 1.165) is 12.8 Å². The SMILES string of the molecule is NC(=NO)c1ccc(C(=O)N2CCC(CO)CC2)nc1. The molecule has 0 saturated carbocycles. The molecular formula is C13H18N4O3. The van der Waals surface area contributed by atoms with Gasteiger partial charge in [-0.2, -0.15) is 0 Å². The maximum absolute atomic E-state index is 12.2. The van der Waals surface area contributed by atoms with Crippen LogP contribution in [0.3, 0.4) is 0 Å². The van der Waals surface area contributed by atoms with Gasteiger partial charge in [0.15, 0.2) is 5.84 Å². The van der Waals surface area contributed by atoms with Crippen molar-refractivity contribution < 1.29 is 15.1 Å². The molecule has 0 radical (unpaired) electrons. The van der Waals surface area contributed by atoms with Gasteiger partial charge in [0, 0.05) is 31.5 Å². The molecule has 0 aromatic carbocycles. The number of hydrogen-bond donors (Lipinski definition) is 3. The van der Waals surface area contributed by atoms with E-state index >= 15 is 0 Å². The molecule has 0 spiro atoms. The zero-order valence-electron chi connectivity index (χ0n) is 11.1. The number of carbonyl (C=O) groups is 1. The van der Waals surface area contributed by atoms with Crippen LogP contribution in [0.5, 0.6) is 0 Å². The Morgan fingerprint density at radius 2 is 2.15 bits per heavy atom. The van der Waals surface area contributed by atoms with Crippen molar-refractivity contribution in [1.29, 1.82) is 0 Å². The predicted octanol–water partition coefficient (Wildman–Crippen LogP) is 0.0206. The maximum atomic E-state index is 12.2. The number of aliphatic hydroxyl groups is 1. The largest absolute Gasteiger partial charge is 0.409 e. The lowest BCUT2D eigenvalue weighted by atomic mass is 9.98. The summed E-state index contributed by atoms with van der Waals surface area (Å²) in [5, 5.41) is 20.5. The van der Waals surface area contributed by atoms with Crippen LogP contribution in [0.1, 0.15) is 28.9 Å². The molecule has 2 rings (SSSR count). The summed E-state index contributed by atoms with van der Waals surface area (Å²) in [6, 6.07) is 3.16. The number of likely N-dealkylation sites (tertiary alicyclic amines) is 1. The van der Waals surface area contributed by atoms with Gasteiger partial charge in [-0.3, -0.25) is 9.78 Å². The van der Waals surface area contributed by atoms with Crippen molar-refractivity contribution in [2.24, 2.45) is 16.8 Å². The van der Waals surface area contributed by atoms with Crippen LogP contribution in [0, 0.1) is 5.92 Å². The first-order chi connectivity index (χ1) is 9.65. The van der Waals surface area contributed by atoms with Gasteiger partial charge in [-0.15, -0.1) is 0 Å². The zero-order chi connectivity index (χ0) is 14.5. The van der Waals surface area contributed by atoms with Gasteiger partial charge in [0.25, 0.3) is 5.91 Å². The Balaban J connectivity index is 2.03. The van der Waals surface area contributed by atoms with Crippen LogP contribution < -0.4 is 5.73 Å². The van der Waals surface area contributed by atoms with Crippen molar-refractivity contribution in [3.8, 4) is 0 Å².